The fourth-order valence-corrected chi connectivity index (χ4v) is 5.79. The summed E-state index contributed by atoms with van der Waals surface area (Å²) in [5, 5.41) is 7.48. The van der Waals surface area contributed by atoms with Crippen LogP contribution in [0, 0.1) is 0 Å². The molecule has 2 N–H and O–H groups in total. The molecule has 0 saturated carbocycles. The Labute approximate surface area is 200 Å². The molecule has 3 heterocycles. The number of methoxy groups -OCH3 is 2. The van der Waals surface area contributed by atoms with Crippen molar-refractivity contribution in [1.82, 2.24) is 14.8 Å². The fourth-order valence-electron chi connectivity index (χ4n) is 5.31. The van der Waals surface area contributed by atoms with E-state index in [1.807, 2.05) is 24.3 Å². The van der Waals surface area contributed by atoms with Crippen molar-refractivity contribution in [2.75, 3.05) is 32.6 Å². The third-order valence-corrected chi connectivity index (χ3v) is 7.40. The zero-order valence-electron chi connectivity index (χ0n) is 18.4. The van der Waals surface area contributed by atoms with Gasteiger partial charge >= 0.3 is 12.2 Å². The van der Waals surface area contributed by atoms with E-state index in [1.54, 1.807) is 4.90 Å². The van der Waals surface area contributed by atoms with Crippen LogP contribution in [0.1, 0.15) is 17.5 Å². The minimum atomic E-state index is -0.499. The average Bonchev–Trinajstić information content (AvgIpc) is 3.48. The number of para-hydroxylation sites is 2. The SMILES string of the molecule is COC(=O)NCCc1cn(C23CCN(C(=O)OC)[C@H]2Nc2c(Br)cccc23)c2ccccc12. The Kier molecular flexibility index (Phi) is 5.44. The zero-order chi connectivity index (χ0) is 23.2. The highest BCUT2D eigenvalue weighted by molar-refractivity contribution is 9.10. The topological polar surface area (TPSA) is 84.8 Å². The van der Waals surface area contributed by atoms with Crippen molar-refractivity contribution >= 4 is 44.7 Å². The van der Waals surface area contributed by atoms with Crippen molar-refractivity contribution in [3.63, 3.8) is 0 Å². The van der Waals surface area contributed by atoms with Crippen LogP contribution in [-0.4, -0.2) is 55.1 Å². The first-order valence-corrected chi connectivity index (χ1v) is 11.6. The maximum absolute atomic E-state index is 12.7. The van der Waals surface area contributed by atoms with E-state index in [1.165, 1.54) is 14.2 Å². The predicted octanol–water partition coefficient (Wildman–Crippen LogP) is 4.27. The smallest absolute Gasteiger partial charge is 0.411 e. The minimum Gasteiger partial charge on any atom is -0.453 e. The summed E-state index contributed by atoms with van der Waals surface area (Å²) in [7, 11) is 2.77. The number of carbonyl (C=O) groups is 2. The number of fused-ring (bicyclic) bond motifs is 4. The van der Waals surface area contributed by atoms with Crippen LogP contribution in [0.3, 0.4) is 0 Å². The summed E-state index contributed by atoms with van der Waals surface area (Å²) in [6.45, 7) is 1.04. The molecule has 2 atom stereocenters. The first-order chi connectivity index (χ1) is 16.0. The average molecular weight is 513 g/mol. The van der Waals surface area contributed by atoms with Crippen LogP contribution in [0.5, 0.6) is 0 Å². The van der Waals surface area contributed by atoms with E-state index in [4.69, 9.17) is 9.47 Å². The number of aromatic nitrogens is 1. The van der Waals surface area contributed by atoms with Gasteiger partial charge in [0.15, 0.2) is 0 Å². The number of benzene rings is 2. The lowest BCUT2D eigenvalue weighted by Crippen LogP contribution is -2.49. The lowest BCUT2D eigenvalue weighted by Gasteiger charge is -2.34. The predicted molar refractivity (Wildman–Crippen MR) is 128 cm³/mol. The summed E-state index contributed by atoms with van der Waals surface area (Å²) < 4.78 is 13.1. The van der Waals surface area contributed by atoms with Crippen molar-refractivity contribution in [1.29, 1.82) is 0 Å². The van der Waals surface area contributed by atoms with E-state index in [0.717, 1.165) is 38.6 Å². The molecule has 2 aliphatic heterocycles. The molecule has 0 aliphatic carbocycles. The number of ether oxygens (including phenoxy) is 2. The number of nitrogens with zero attached hydrogens (tertiary/aromatic N) is 2. The van der Waals surface area contributed by atoms with Gasteiger partial charge in [0.1, 0.15) is 11.7 Å². The summed E-state index contributed by atoms with van der Waals surface area (Å²) in [6.07, 6.45) is 2.47. The molecule has 33 heavy (non-hydrogen) atoms. The molecule has 1 unspecified atom stereocenters. The van der Waals surface area contributed by atoms with Crippen LogP contribution in [0.25, 0.3) is 10.9 Å². The number of carbonyl (C=O) groups excluding carboxylic acids is 2. The molecule has 9 heteroatoms. The Morgan fingerprint density at radius 3 is 2.79 bits per heavy atom. The molecule has 2 amide bonds. The van der Waals surface area contributed by atoms with Crippen molar-refractivity contribution in [3.05, 3.63) is 64.3 Å². The molecule has 2 aromatic carbocycles. The van der Waals surface area contributed by atoms with Gasteiger partial charge < -0.3 is 24.7 Å². The molecule has 3 aromatic rings. The van der Waals surface area contributed by atoms with Gasteiger partial charge in [-0.05, 0) is 46.5 Å². The normalized spacial score (nSPS) is 20.8. The largest absolute Gasteiger partial charge is 0.453 e. The molecule has 172 valence electrons. The Morgan fingerprint density at radius 2 is 2.00 bits per heavy atom. The van der Waals surface area contributed by atoms with Crippen LogP contribution in [-0.2, 0) is 21.4 Å². The molecule has 1 aromatic heterocycles. The first-order valence-electron chi connectivity index (χ1n) is 10.8. The third-order valence-electron chi connectivity index (χ3n) is 6.74. The van der Waals surface area contributed by atoms with Crippen molar-refractivity contribution < 1.29 is 19.1 Å². The van der Waals surface area contributed by atoms with Gasteiger partial charge in [-0.3, -0.25) is 4.90 Å². The highest BCUT2D eigenvalue weighted by Crippen LogP contribution is 2.53. The summed E-state index contributed by atoms with van der Waals surface area (Å²) in [5.41, 5.74) is 3.82. The second-order valence-corrected chi connectivity index (χ2v) is 9.11. The van der Waals surface area contributed by atoms with Crippen molar-refractivity contribution in [3.8, 4) is 0 Å². The number of anilines is 1. The molecule has 0 spiro atoms. The van der Waals surface area contributed by atoms with Gasteiger partial charge in [-0.15, -0.1) is 0 Å². The monoisotopic (exact) mass is 512 g/mol. The Balaban J connectivity index is 1.65. The van der Waals surface area contributed by atoms with Crippen molar-refractivity contribution in [2.24, 2.45) is 0 Å². The zero-order valence-corrected chi connectivity index (χ0v) is 20.0. The number of alkyl carbamates (subject to hydrolysis) is 1. The van der Waals surface area contributed by atoms with Gasteiger partial charge in [-0.2, -0.15) is 0 Å². The minimum absolute atomic E-state index is 0.296. The number of likely N-dealkylation sites (tertiary alicyclic amines) is 1. The number of nitrogens with one attached hydrogen (secondary N) is 2. The number of rotatable bonds is 4. The Bertz CT molecular complexity index is 1240. The maximum Gasteiger partial charge on any atom is 0.411 e. The Hall–Kier alpha value is -3.20. The number of hydrogen-bond acceptors (Lipinski definition) is 5. The maximum atomic E-state index is 12.7. The highest BCUT2D eigenvalue weighted by atomic mass is 79.9. The van der Waals surface area contributed by atoms with Gasteiger partial charge in [0, 0.05) is 40.2 Å². The fraction of sp³-hybridized carbons (Fsp3) is 0.333. The number of halogens is 1. The summed E-state index contributed by atoms with van der Waals surface area (Å²) in [4.78, 5) is 25.9. The first kappa shape index (κ1) is 21.6. The molecule has 0 bridgehead atoms. The standard InChI is InChI=1S/C24H25BrN4O4/c1-32-22(30)26-12-10-15-14-29(19-9-4-3-6-16(15)19)24-11-13-28(23(31)33-2)21(24)27-20-17(24)7-5-8-18(20)25/h3-9,14,21,27H,10-13H2,1-2H3,(H,26,30)/t21-,24?/m1/s1. The molecular formula is C24H25BrN4O4. The van der Waals surface area contributed by atoms with Crippen LogP contribution in [0.15, 0.2) is 53.1 Å². The second kappa shape index (κ2) is 8.30. The number of hydrogen-bond donors (Lipinski definition) is 2. The molecule has 1 fully saturated rings. The van der Waals surface area contributed by atoms with E-state index < -0.39 is 11.6 Å². The van der Waals surface area contributed by atoms with Crippen LogP contribution in [0.2, 0.25) is 0 Å². The third kappa shape index (κ3) is 3.25. The highest BCUT2D eigenvalue weighted by Gasteiger charge is 2.57. The summed E-state index contributed by atoms with van der Waals surface area (Å²) in [6, 6.07) is 14.4. The molecule has 5 rings (SSSR count). The van der Waals surface area contributed by atoms with Gasteiger partial charge in [0.25, 0.3) is 0 Å². The van der Waals surface area contributed by atoms with Crippen LogP contribution >= 0.6 is 15.9 Å². The lowest BCUT2D eigenvalue weighted by atomic mass is 9.88. The Morgan fingerprint density at radius 1 is 1.18 bits per heavy atom. The van der Waals surface area contributed by atoms with E-state index in [9.17, 15) is 9.59 Å². The van der Waals surface area contributed by atoms with Gasteiger partial charge in [-0.1, -0.05) is 30.3 Å². The molecule has 1 saturated heterocycles. The van der Waals surface area contributed by atoms with Gasteiger partial charge in [-0.25, -0.2) is 9.59 Å². The van der Waals surface area contributed by atoms with E-state index in [2.05, 4.69) is 55.5 Å². The van der Waals surface area contributed by atoms with E-state index in [-0.39, 0.29) is 12.3 Å². The molecule has 0 radical (unpaired) electrons. The quantitative estimate of drug-likeness (QED) is 0.545. The molecular weight excluding hydrogens is 488 g/mol. The van der Waals surface area contributed by atoms with Gasteiger partial charge in [0.2, 0.25) is 0 Å². The van der Waals surface area contributed by atoms with Crippen LogP contribution in [0.4, 0.5) is 15.3 Å². The van der Waals surface area contributed by atoms with Gasteiger partial charge in [0.05, 0.1) is 19.9 Å². The van der Waals surface area contributed by atoms with E-state index in [0.29, 0.717) is 19.5 Å². The molecule has 8 nitrogen and oxygen atoms in total. The lowest BCUT2D eigenvalue weighted by molar-refractivity contribution is 0.116. The number of amides is 2. The van der Waals surface area contributed by atoms with E-state index >= 15 is 0 Å². The molecule has 2 aliphatic rings. The second-order valence-electron chi connectivity index (χ2n) is 8.26. The summed E-state index contributed by atoms with van der Waals surface area (Å²) >= 11 is 3.68. The summed E-state index contributed by atoms with van der Waals surface area (Å²) in [5.74, 6) is 0. The van der Waals surface area contributed by atoms with Crippen LogP contribution < -0.4 is 10.6 Å². The van der Waals surface area contributed by atoms with Crippen molar-refractivity contribution in [2.45, 2.75) is 24.5 Å².